The van der Waals surface area contributed by atoms with E-state index in [0.717, 1.165) is 6.42 Å². The van der Waals surface area contributed by atoms with Crippen molar-refractivity contribution in [3.63, 3.8) is 0 Å². The fourth-order valence-corrected chi connectivity index (χ4v) is 1.56. The molecule has 1 saturated heterocycles. The molecule has 1 atom stereocenters. The number of rotatable bonds is 1. The number of ketones is 1. The minimum Gasteiger partial charge on any atom is -0.298 e. The van der Waals surface area contributed by atoms with Crippen LogP contribution in [0.2, 0.25) is 0 Å². The van der Waals surface area contributed by atoms with Crippen LogP contribution in [0.1, 0.15) is 27.2 Å². The fourth-order valence-electron chi connectivity index (χ4n) is 1.56. The molecule has 0 N–H and O–H groups in total. The van der Waals surface area contributed by atoms with E-state index in [1.807, 2.05) is 0 Å². The highest BCUT2D eigenvalue weighted by atomic mass is 16.1. The molecule has 0 aliphatic carbocycles. The average molecular weight is 141 g/mol. The summed E-state index contributed by atoms with van der Waals surface area (Å²) in [6, 6.07) is 0.981. The summed E-state index contributed by atoms with van der Waals surface area (Å²) in [5.74, 6) is 0.390. The van der Waals surface area contributed by atoms with E-state index in [-0.39, 0.29) is 0 Å². The first-order chi connectivity index (χ1) is 4.61. The van der Waals surface area contributed by atoms with Crippen molar-refractivity contribution in [2.45, 2.75) is 39.3 Å². The Hall–Kier alpha value is -0.370. The van der Waals surface area contributed by atoms with Crippen molar-refractivity contribution < 1.29 is 4.79 Å². The zero-order chi connectivity index (χ0) is 7.72. The summed E-state index contributed by atoms with van der Waals surface area (Å²) in [5.41, 5.74) is 0. The van der Waals surface area contributed by atoms with Crippen molar-refractivity contribution in [3.8, 4) is 0 Å². The SMILES string of the molecule is CC(C)N1CC(=O)CC1C. The molecule has 0 aromatic rings. The van der Waals surface area contributed by atoms with Crippen LogP contribution in [-0.4, -0.2) is 29.3 Å². The number of hydrogen-bond acceptors (Lipinski definition) is 2. The Labute approximate surface area is 62.2 Å². The monoisotopic (exact) mass is 141 g/mol. The van der Waals surface area contributed by atoms with Gasteiger partial charge in [0.15, 0.2) is 0 Å². The van der Waals surface area contributed by atoms with E-state index in [0.29, 0.717) is 24.4 Å². The summed E-state index contributed by atoms with van der Waals surface area (Å²) in [4.78, 5) is 13.2. The van der Waals surface area contributed by atoms with Crippen LogP contribution in [0.3, 0.4) is 0 Å². The van der Waals surface area contributed by atoms with Crippen LogP contribution in [-0.2, 0) is 4.79 Å². The van der Waals surface area contributed by atoms with Gasteiger partial charge in [0, 0.05) is 18.5 Å². The van der Waals surface area contributed by atoms with Crippen molar-refractivity contribution >= 4 is 5.78 Å². The normalized spacial score (nSPS) is 28.4. The van der Waals surface area contributed by atoms with Gasteiger partial charge in [0.1, 0.15) is 5.78 Å². The zero-order valence-corrected chi connectivity index (χ0v) is 6.92. The third kappa shape index (κ3) is 1.37. The minimum absolute atomic E-state index is 0.390. The number of carbonyl (C=O) groups is 1. The van der Waals surface area contributed by atoms with Crippen molar-refractivity contribution in [3.05, 3.63) is 0 Å². The van der Waals surface area contributed by atoms with E-state index in [1.54, 1.807) is 0 Å². The third-order valence-electron chi connectivity index (χ3n) is 2.11. The summed E-state index contributed by atoms with van der Waals surface area (Å²) in [5, 5.41) is 0. The predicted octanol–water partition coefficient (Wildman–Crippen LogP) is 1.06. The van der Waals surface area contributed by atoms with E-state index < -0.39 is 0 Å². The summed E-state index contributed by atoms with van der Waals surface area (Å²) in [6.45, 7) is 7.05. The van der Waals surface area contributed by atoms with Gasteiger partial charge in [0.05, 0.1) is 6.54 Å². The highest BCUT2D eigenvalue weighted by molar-refractivity contribution is 5.83. The lowest BCUT2D eigenvalue weighted by molar-refractivity contribution is -0.117. The molecule has 0 aromatic heterocycles. The van der Waals surface area contributed by atoms with Gasteiger partial charge < -0.3 is 0 Å². The second-order valence-corrected chi connectivity index (χ2v) is 3.36. The number of Topliss-reactive ketones (excluding diaryl/α,β-unsaturated/α-hetero) is 1. The first-order valence-electron chi connectivity index (χ1n) is 3.88. The average Bonchev–Trinajstić information content (AvgIpc) is 2.10. The Morgan fingerprint density at radius 2 is 2.20 bits per heavy atom. The summed E-state index contributed by atoms with van der Waals surface area (Å²) < 4.78 is 0. The highest BCUT2D eigenvalue weighted by Crippen LogP contribution is 2.15. The highest BCUT2D eigenvalue weighted by Gasteiger charge is 2.28. The summed E-state index contributed by atoms with van der Waals surface area (Å²) in [7, 11) is 0. The van der Waals surface area contributed by atoms with Crippen molar-refractivity contribution in [1.29, 1.82) is 0 Å². The quantitative estimate of drug-likeness (QED) is 0.544. The molecule has 0 saturated carbocycles. The van der Waals surface area contributed by atoms with Gasteiger partial charge in [-0.15, -0.1) is 0 Å². The van der Waals surface area contributed by atoms with Crippen molar-refractivity contribution in [2.24, 2.45) is 0 Å². The summed E-state index contributed by atoms with van der Waals surface area (Å²) >= 11 is 0. The molecule has 10 heavy (non-hydrogen) atoms. The van der Waals surface area contributed by atoms with Gasteiger partial charge in [0.2, 0.25) is 0 Å². The Morgan fingerprint density at radius 1 is 1.60 bits per heavy atom. The summed E-state index contributed by atoms with van der Waals surface area (Å²) in [6.07, 6.45) is 0.748. The molecular weight excluding hydrogens is 126 g/mol. The van der Waals surface area contributed by atoms with Crippen LogP contribution in [0.4, 0.5) is 0 Å². The number of likely N-dealkylation sites (tertiary alicyclic amines) is 1. The lowest BCUT2D eigenvalue weighted by Crippen LogP contribution is -2.33. The van der Waals surface area contributed by atoms with E-state index in [2.05, 4.69) is 25.7 Å². The van der Waals surface area contributed by atoms with Gasteiger partial charge >= 0.3 is 0 Å². The molecule has 1 fully saturated rings. The Bertz CT molecular complexity index is 142. The first kappa shape index (κ1) is 7.73. The van der Waals surface area contributed by atoms with Gasteiger partial charge in [0.25, 0.3) is 0 Å². The van der Waals surface area contributed by atoms with Gasteiger partial charge in [-0.2, -0.15) is 0 Å². The maximum Gasteiger partial charge on any atom is 0.148 e. The standard InChI is InChI=1S/C8H15NO/c1-6(2)9-5-8(10)4-7(9)3/h6-7H,4-5H2,1-3H3. The van der Waals surface area contributed by atoms with Crippen LogP contribution in [0.25, 0.3) is 0 Å². The van der Waals surface area contributed by atoms with Crippen LogP contribution < -0.4 is 0 Å². The molecule has 2 nitrogen and oxygen atoms in total. The van der Waals surface area contributed by atoms with Crippen LogP contribution in [0, 0.1) is 0 Å². The van der Waals surface area contributed by atoms with E-state index in [9.17, 15) is 4.79 Å². The van der Waals surface area contributed by atoms with Gasteiger partial charge in [-0.05, 0) is 20.8 Å². The van der Waals surface area contributed by atoms with Crippen molar-refractivity contribution in [2.75, 3.05) is 6.54 Å². The lowest BCUT2D eigenvalue weighted by atomic mass is 10.2. The molecule has 1 rings (SSSR count). The van der Waals surface area contributed by atoms with E-state index in [4.69, 9.17) is 0 Å². The number of nitrogens with zero attached hydrogens (tertiary/aromatic N) is 1. The fraction of sp³-hybridized carbons (Fsp3) is 0.875. The molecule has 0 aromatic carbocycles. The van der Waals surface area contributed by atoms with Crippen molar-refractivity contribution in [1.82, 2.24) is 4.90 Å². The molecule has 1 heterocycles. The molecule has 0 spiro atoms. The third-order valence-corrected chi connectivity index (χ3v) is 2.11. The van der Waals surface area contributed by atoms with E-state index in [1.165, 1.54) is 0 Å². The molecule has 0 bridgehead atoms. The topological polar surface area (TPSA) is 20.3 Å². The molecule has 1 aliphatic rings. The predicted molar refractivity (Wildman–Crippen MR) is 40.9 cm³/mol. The van der Waals surface area contributed by atoms with Gasteiger partial charge in [-0.25, -0.2) is 0 Å². The molecule has 0 radical (unpaired) electrons. The second-order valence-electron chi connectivity index (χ2n) is 3.36. The Kier molecular flexibility index (Phi) is 2.09. The van der Waals surface area contributed by atoms with Gasteiger partial charge in [-0.1, -0.05) is 0 Å². The molecule has 58 valence electrons. The molecule has 2 heteroatoms. The van der Waals surface area contributed by atoms with Gasteiger partial charge in [-0.3, -0.25) is 9.69 Å². The lowest BCUT2D eigenvalue weighted by Gasteiger charge is -2.23. The first-order valence-corrected chi connectivity index (χ1v) is 3.88. The maximum atomic E-state index is 10.9. The van der Waals surface area contributed by atoms with Crippen LogP contribution in [0.5, 0.6) is 0 Å². The molecule has 1 aliphatic heterocycles. The zero-order valence-electron chi connectivity index (χ0n) is 6.92. The largest absolute Gasteiger partial charge is 0.298 e. The van der Waals surface area contributed by atoms with Crippen LogP contribution in [0.15, 0.2) is 0 Å². The number of carbonyl (C=O) groups excluding carboxylic acids is 1. The van der Waals surface area contributed by atoms with E-state index >= 15 is 0 Å². The molecular formula is C8H15NO. The number of hydrogen-bond donors (Lipinski definition) is 0. The smallest absolute Gasteiger partial charge is 0.148 e. The maximum absolute atomic E-state index is 10.9. The minimum atomic E-state index is 0.390. The van der Waals surface area contributed by atoms with Crippen LogP contribution >= 0.6 is 0 Å². The molecule has 1 unspecified atom stereocenters. The molecule has 0 amide bonds. The second kappa shape index (κ2) is 2.70. The Balaban J connectivity index is 2.54. The Morgan fingerprint density at radius 3 is 2.40 bits per heavy atom.